The summed E-state index contributed by atoms with van der Waals surface area (Å²) in [7, 11) is 0. The molecule has 0 amide bonds. The Hall–Kier alpha value is 0.800. The second kappa shape index (κ2) is 14.8. The summed E-state index contributed by atoms with van der Waals surface area (Å²) < 4.78 is 0. The molecule has 0 spiro atoms. The minimum Gasteiger partial charge on any atom is -0.300 e. The van der Waals surface area contributed by atoms with Gasteiger partial charge in [0.2, 0.25) is 0 Å². The maximum absolute atomic E-state index is 3.93. The molecular formula is C32H68Br2N4. The van der Waals surface area contributed by atoms with Crippen LogP contribution >= 0.6 is 31.9 Å². The molecule has 0 rings (SSSR count). The van der Waals surface area contributed by atoms with Crippen molar-refractivity contribution < 1.29 is 0 Å². The average Bonchev–Trinajstić information content (AvgIpc) is 2.62. The van der Waals surface area contributed by atoms with E-state index in [1.807, 2.05) is 0 Å². The van der Waals surface area contributed by atoms with E-state index in [0.717, 1.165) is 38.8 Å². The Kier molecular flexibility index (Phi) is 15.1. The quantitative estimate of drug-likeness (QED) is 0.135. The number of alkyl halides is 2. The molecule has 6 heteroatoms. The number of nitrogens with one attached hydrogen (secondary N) is 2. The molecule has 38 heavy (non-hydrogen) atoms. The van der Waals surface area contributed by atoms with Gasteiger partial charge in [-0.3, -0.25) is 20.4 Å². The lowest BCUT2D eigenvalue weighted by atomic mass is 9.93. The first-order chi connectivity index (χ1) is 16.7. The van der Waals surface area contributed by atoms with Gasteiger partial charge in [-0.1, -0.05) is 31.9 Å². The second-order valence-corrected chi connectivity index (χ2v) is 19.0. The molecule has 0 fully saturated rings. The highest BCUT2D eigenvalue weighted by molar-refractivity contribution is 9.09. The largest absolute Gasteiger partial charge is 0.300 e. The van der Waals surface area contributed by atoms with Gasteiger partial charge in [0.15, 0.2) is 0 Å². The van der Waals surface area contributed by atoms with Crippen molar-refractivity contribution in [2.24, 2.45) is 0 Å². The first-order valence-electron chi connectivity index (χ1n) is 15.1. The van der Waals surface area contributed by atoms with E-state index >= 15 is 0 Å². The molecule has 0 aliphatic heterocycles. The zero-order valence-electron chi connectivity index (χ0n) is 28.5. The first-order valence-corrected chi connectivity index (χ1v) is 16.9. The molecule has 230 valence electrons. The van der Waals surface area contributed by atoms with Gasteiger partial charge in [-0.25, -0.2) is 0 Å². The van der Waals surface area contributed by atoms with Crippen LogP contribution in [0.1, 0.15) is 149 Å². The summed E-state index contributed by atoms with van der Waals surface area (Å²) in [5.41, 5.74) is 0.901. The van der Waals surface area contributed by atoms with Crippen LogP contribution in [0, 0.1) is 0 Å². The van der Waals surface area contributed by atoms with Gasteiger partial charge >= 0.3 is 0 Å². The molecule has 0 aromatic rings. The van der Waals surface area contributed by atoms with E-state index in [4.69, 9.17) is 0 Å². The van der Waals surface area contributed by atoms with Crippen molar-refractivity contribution in [2.75, 3.05) is 13.1 Å². The maximum Gasteiger partial charge on any atom is 0.0635 e. The Morgan fingerprint density at radius 1 is 0.474 bits per heavy atom. The molecule has 0 aliphatic rings. The van der Waals surface area contributed by atoms with Gasteiger partial charge < -0.3 is 0 Å². The van der Waals surface area contributed by atoms with Crippen LogP contribution in [0.4, 0.5) is 0 Å². The van der Waals surface area contributed by atoms with Crippen molar-refractivity contribution in [1.82, 2.24) is 20.4 Å². The van der Waals surface area contributed by atoms with Gasteiger partial charge in [-0.05, 0) is 162 Å². The van der Waals surface area contributed by atoms with Gasteiger partial charge in [0.05, 0.1) is 9.90 Å². The van der Waals surface area contributed by atoms with Crippen molar-refractivity contribution in [3.63, 3.8) is 0 Å². The molecule has 0 saturated carbocycles. The predicted molar refractivity (Wildman–Crippen MR) is 180 cm³/mol. The lowest BCUT2D eigenvalue weighted by Gasteiger charge is -2.46. The lowest BCUT2D eigenvalue weighted by molar-refractivity contribution is 0.0345. The van der Waals surface area contributed by atoms with Crippen LogP contribution in [0.3, 0.4) is 0 Å². The number of hydrogen-bond donors (Lipinski definition) is 2. The van der Waals surface area contributed by atoms with E-state index in [-0.39, 0.29) is 33.2 Å². The van der Waals surface area contributed by atoms with Gasteiger partial charge in [-0.2, -0.15) is 0 Å². The molecule has 0 aliphatic carbocycles. The molecule has 4 nitrogen and oxygen atoms in total. The number of rotatable bonds is 15. The molecule has 0 radical (unpaired) electrons. The fourth-order valence-electron chi connectivity index (χ4n) is 6.14. The van der Waals surface area contributed by atoms with Crippen molar-refractivity contribution in [1.29, 1.82) is 0 Å². The Bertz CT molecular complexity index is 577. The summed E-state index contributed by atoms with van der Waals surface area (Å²) in [6.45, 7) is 39.5. The third-order valence-corrected chi connectivity index (χ3v) is 8.75. The third kappa shape index (κ3) is 16.3. The SMILES string of the molecule is CC(C)(CCCN(C(C)(C)C)C(C)(C)C)NC(Br)CCC(Br)NC(C)(C)CCCN(C(C)(C)C)C(C)(C)C. The Morgan fingerprint density at radius 2 is 0.711 bits per heavy atom. The van der Waals surface area contributed by atoms with Crippen molar-refractivity contribution in [3.8, 4) is 0 Å². The van der Waals surface area contributed by atoms with Gasteiger partial charge in [0, 0.05) is 33.2 Å². The van der Waals surface area contributed by atoms with Crippen LogP contribution in [0.15, 0.2) is 0 Å². The second-order valence-electron chi connectivity index (χ2n) is 16.8. The van der Waals surface area contributed by atoms with Crippen LogP contribution < -0.4 is 10.6 Å². The Balaban J connectivity index is 4.63. The molecule has 0 saturated heterocycles. The molecule has 2 N–H and O–H groups in total. The molecular weight excluding hydrogens is 600 g/mol. The lowest BCUT2D eigenvalue weighted by Crippen LogP contribution is -2.53. The number of nitrogens with zero attached hydrogens (tertiary/aromatic N) is 2. The highest BCUT2D eigenvalue weighted by Gasteiger charge is 2.33. The smallest absolute Gasteiger partial charge is 0.0635 e. The number of hydrogen-bond acceptors (Lipinski definition) is 4. The third-order valence-electron chi connectivity index (χ3n) is 7.37. The van der Waals surface area contributed by atoms with E-state index in [1.54, 1.807) is 0 Å². The average molecular weight is 669 g/mol. The van der Waals surface area contributed by atoms with Crippen molar-refractivity contribution >= 4 is 31.9 Å². The summed E-state index contributed by atoms with van der Waals surface area (Å²) in [4.78, 5) is 5.87. The highest BCUT2D eigenvalue weighted by Crippen LogP contribution is 2.28. The summed E-state index contributed by atoms with van der Waals surface area (Å²) in [6.07, 6.45) is 6.82. The monoisotopic (exact) mass is 666 g/mol. The minimum atomic E-state index is 0.0934. The first kappa shape index (κ1) is 38.8. The number of halogens is 2. The molecule has 2 unspecified atom stereocenters. The van der Waals surface area contributed by atoms with Crippen LogP contribution in [0.5, 0.6) is 0 Å². The van der Waals surface area contributed by atoms with Crippen LogP contribution in [0.2, 0.25) is 0 Å². The van der Waals surface area contributed by atoms with E-state index in [9.17, 15) is 0 Å². The fourth-order valence-corrected chi connectivity index (χ4v) is 7.91. The van der Waals surface area contributed by atoms with Gasteiger partial charge in [0.1, 0.15) is 0 Å². The molecule has 2 atom stereocenters. The summed E-state index contributed by atoms with van der Waals surface area (Å²) in [5.74, 6) is 0. The highest BCUT2D eigenvalue weighted by atomic mass is 79.9. The summed E-state index contributed by atoms with van der Waals surface area (Å²) >= 11 is 7.85. The van der Waals surface area contributed by atoms with E-state index in [1.165, 1.54) is 12.8 Å². The van der Waals surface area contributed by atoms with E-state index < -0.39 is 0 Å². The van der Waals surface area contributed by atoms with E-state index in [0.29, 0.717) is 9.90 Å². The standard InChI is InChI=1S/C32H68Br2N4/c1-27(2,3)37(28(4,5)6)23-17-21-31(13,14)35-25(33)19-20-26(34)36-32(15,16)22-18-24-38(29(7,8)9)30(10,11)12/h25-26,35-36H,17-24H2,1-16H3. The predicted octanol–water partition coefficient (Wildman–Crippen LogP) is 9.30. The topological polar surface area (TPSA) is 30.5 Å². The maximum atomic E-state index is 3.93. The van der Waals surface area contributed by atoms with Crippen molar-refractivity contribution in [3.05, 3.63) is 0 Å². The fraction of sp³-hybridized carbons (Fsp3) is 1.00. The molecule has 0 aromatic heterocycles. The minimum absolute atomic E-state index is 0.0934. The molecule has 0 bridgehead atoms. The van der Waals surface area contributed by atoms with Crippen molar-refractivity contribution in [2.45, 2.75) is 192 Å². The van der Waals surface area contributed by atoms with Gasteiger partial charge in [-0.15, -0.1) is 0 Å². The van der Waals surface area contributed by atoms with E-state index in [2.05, 4.69) is 163 Å². The zero-order valence-corrected chi connectivity index (χ0v) is 31.6. The zero-order chi connectivity index (χ0) is 30.4. The summed E-state index contributed by atoms with van der Waals surface area (Å²) in [6, 6.07) is 0. The summed E-state index contributed by atoms with van der Waals surface area (Å²) in [5, 5.41) is 7.69. The van der Waals surface area contributed by atoms with Crippen LogP contribution in [-0.4, -0.2) is 66.0 Å². The van der Waals surface area contributed by atoms with Crippen LogP contribution in [0.25, 0.3) is 0 Å². The Labute approximate surface area is 256 Å². The normalized spacial score (nSPS) is 16.4. The molecule has 0 aromatic carbocycles. The van der Waals surface area contributed by atoms with Gasteiger partial charge in [0.25, 0.3) is 0 Å². The Morgan fingerprint density at radius 3 is 0.921 bits per heavy atom. The molecule has 0 heterocycles. The van der Waals surface area contributed by atoms with Crippen LogP contribution in [-0.2, 0) is 0 Å².